The fourth-order valence-electron chi connectivity index (χ4n) is 1.66. The standard InChI is InChI=1S/C12H12FNO5/c1-3-19-12(16)11(7(2)15)9-5-4-8(13)6-10(9)14(17)18/h4-6,11H,3H2,1-2H3/t11-/m0/s1. The number of Topliss-reactive ketones (excluding diaryl/α,β-unsaturated/α-hetero) is 1. The highest BCUT2D eigenvalue weighted by molar-refractivity contribution is 6.04. The van der Waals surface area contributed by atoms with E-state index >= 15 is 0 Å². The SMILES string of the molecule is CCOC(=O)[C@@H](C(C)=O)c1ccc(F)cc1[N+](=O)[O-]. The Labute approximate surface area is 108 Å². The average molecular weight is 269 g/mol. The number of ketones is 1. The molecule has 0 radical (unpaired) electrons. The number of carbonyl (C=O) groups is 2. The smallest absolute Gasteiger partial charge is 0.321 e. The van der Waals surface area contributed by atoms with Crippen molar-refractivity contribution in [2.24, 2.45) is 0 Å². The summed E-state index contributed by atoms with van der Waals surface area (Å²) in [6, 6.07) is 2.68. The Hall–Kier alpha value is -2.31. The molecule has 0 unspecified atom stereocenters. The first-order chi connectivity index (χ1) is 8.88. The maximum Gasteiger partial charge on any atom is 0.321 e. The van der Waals surface area contributed by atoms with Crippen molar-refractivity contribution >= 4 is 17.4 Å². The van der Waals surface area contributed by atoms with Crippen LogP contribution in [0.1, 0.15) is 25.3 Å². The third-order valence-electron chi connectivity index (χ3n) is 2.43. The maximum absolute atomic E-state index is 13.0. The zero-order valence-corrected chi connectivity index (χ0v) is 10.4. The minimum absolute atomic E-state index is 0.0393. The Bertz CT molecular complexity index is 529. The van der Waals surface area contributed by atoms with Gasteiger partial charge in [0.1, 0.15) is 17.5 Å². The van der Waals surface area contributed by atoms with Crippen LogP contribution in [0.4, 0.5) is 10.1 Å². The van der Waals surface area contributed by atoms with Gasteiger partial charge >= 0.3 is 5.97 Å². The van der Waals surface area contributed by atoms with Gasteiger partial charge in [0.2, 0.25) is 0 Å². The number of nitro groups is 1. The van der Waals surface area contributed by atoms with Gasteiger partial charge in [-0.05, 0) is 26.0 Å². The lowest BCUT2D eigenvalue weighted by Crippen LogP contribution is -2.23. The van der Waals surface area contributed by atoms with Crippen molar-refractivity contribution in [3.05, 3.63) is 39.7 Å². The van der Waals surface area contributed by atoms with Crippen molar-refractivity contribution < 1.29 is 23.6 Å². The monoisotopic (exact) mass is 269 g/mol. The molecule has 0 fully saturated rings. The molecule has 0 saturated heterocycles. The van der Waals surface area contributed by atoms with Gasteiger partial charge < -0.3 is 4.74 Å². The molecule has 7 heteroatoms. The van der Waals surface area contributed by atoms with Crippen LogP contribution in [0.3, 0.4) is 0 Å². The molecular weight excluding hydrogens is 257 g/mol. The molecule has 0 aliphatic heterocycles. The number of carbonyl (C=O) groups excluding carboxylic acids is 2. The van der Waals surface area contributed by atoms with E-state index in [1.165, 1.54) is 0 Å². The Morgan fingerprint density at radius 1 is 1.47 bits per heavy atom. The molecule has 102 valence electrons. The molecule has 0 heterocycles. The van der Waals surface area contributed by atoms with Crippen molar-refractivity contribution in [2.45, 2.75) is 19.8 Å². The molecule has 0 aliphatic rings. The molecular formula is C12H12FNO5. The van der Waals surface area contributed by atoms with E-state index < -0.39 is 34.1 Å². The van der Waals surface area contributed by atoms with Crippen molar-refractivity contribution in [3.8, 4) is 0 Å². The van der Waals surface area contributed by atoms with Gasteiger partial charge in [0.25, 0.3) is 5.69 Å². The van der Waals surface area contributed by atoms with Gasteiger partial charge in [0.05, 0.1) is 23.2 Å². The highest BCUT2D eigenvalue weighted by Crippen LogP contribution is 2.29. The fourth-order valence-corrected chi connectivity index (χ4v) is 1.66. The summed E-state index contributed by atoms with van der Waals surface area (Å²) < 4.78 is 17.7. The Balaban J connectivity index is 3.34. The normalized spacial score (nSPS) is 11.7. The van der Waals surface area contributed by atoms with E-state index in [0.29, 0.717) is 6.07 Å². The van der Waals surface area contributed by atoms with Crippen LogP contribution in [0.25, 0.3) is 0 Å². The molecule has 19 heavy (non-hydrogen) atoms. The van der Waals surface area contributed by atoms with Crippen molar-refractivity contribution in [2.75, 3.05) is 6.61 Å². The first kappa shape index (κ1) is 14.7. The lowest BCUT2D eigenvalue weighted by Gasteiger charge is -2.13. The van der Waals surface area contributed by atoms with Crippen LogP contribution in [-0.4, -0.2) is 23.3 Å². The Morgan fingerprint density at radius 3 is 2.58 bits per heavy atom. The van der Waals surface area contributed by atoms with E-state index in [4.69, 9.17) is 4.74 Å². The van der Waals surface area contributed by atoms with Crippen LogP contribution in [0.15, 0.2) is 18.2 Å². The minimum Gasteiger partial charge on any atom is -0.465 e. The molecule has 0 aromatic heterocycles. The first-order valence-corrected chi connectivity index (χ1v) is 5.49. The predicted octanol–water partition coefficient (Wildman–Crippen LogP) is 1.97. The van der Waals surface area contributed by atoms with E-state index in [-0.39, 0.29) is 12.2 Å². The average Bonchev–Trinajstić information content (AvgIpc) is 2.31. The van der Waals surface area contributed by atoms with Gasteiger partial charge in [0.15, 0.2) is 0 Å². The lowest BCUT2D eigenvalue weighted by molar-refractivity contribution is -0.385. The molecule has 1 rings (SSSR count). The summed E-state index contributed by atoms with van der Waals surface area (Å²) in [6.45, 7) is 2.71. The number of halogens is 1. The number of esters is 1. The molecule has 0 N–H and O–H groups in total. The number of hydrogen-bond acceptors (Lipinski definition) is 5. The van der Waals surface area contributed by atoms with Crippen LogP contribution >= 0.6 is 0 Å². The molecule has 0 amide bonds. The summed E-state index contributed by atoms with van der Waals surface area (Å²) in [6.07, 6.45) is 0. The topological polar surface area (TPSA) is 86.5 Å². The summed E-state index contributed by atoms with van der Waals surface area (Å²) in [4.78, 5) is 33.2. The maximum atomic E-state index is 13.0. The molecule has 0 bridgehead atoms. The van der Waals surface area contributed by atoms with E-state index in [9.17, 15) is 24.1 Å². The van der Waals surface area contributed by atoms with E-state index in [0.717, 1.165) is 19.1 Å². The highest BCUT2D eigenvalue weighted by Gasteiger charge is 2.33. The lowest BCUT2D eigenvalue weighted by atomic mass is 9.94. The minimum atomic E-state index is -1.42. The number of nitro benzene ring substituents is 1. The number of ether oxygens (including phenoxy) is 1. The van der Waals surface area contributed by atoms with Gasteiger partial charge in [0, 0.05) is 0 Å². The second kappa shape index (κ2) is 6.03. The van der Waals surface area contributed by atoms with Crippen molar-refractivity contribution in [1.29, 1.82) is 0 Å². The predicted molar refractivity (Wildman–Crippen MR) is 63.1 cm³/mol. The molecule has 0 spiro atoms. The van der Waals surface area contributed by atoms with Crippen LogP contribution in [-0.2, 0) is 14.3 Å². The zero-order chi connectivity index (χ0) is 14.6. The molecule has 1 aromatic rings. The Morgan fingerprint density at radius 2 is 2.11 bits per heavy atom. The summed E-state index contributed by atoms with van der Waals surface area (Å²) in [5.41, 5.74) is -0.786. The van der Waals surface area contributed by atoms with E-state index in [1.54, 1.807) is 6.92 Å². The third kappa shape index (κ3) is 3.34. The van der Waals surface area contributed by atoms with Gasteiger partial charge in [-0.2, -0.15) is 0 Å². The van der Waals surface area contributed by atoms with E-state index in [1.807, 2.05) is 0 Å². The zero-order valence-electron chi connectivity index (χ0n) is 10.4. The highest BCUT2D eigenvalue weighted by atomic mass is 19.1. The van der Waals surface area contributed by atoms with Crippen molar-refractivity contribution in [1.82, 2.24) is 0 Å². The van der Waals surface area contributed by atoms with Gasteiger partial charge in [-0.15, -0.1) is 0 Å². The number of hydrogen-bond donors (Lipinski definition) is 0. The quantitative estimate of drug-likeness (QED) is 0.353. The second-order valence-electron chi connectivity index (χ2n) is 3.76. The number of benzene rings is 1. The molecule has 0 aliphatic carbocycles. The summed E-state index contributed by atoms with van der Waals surface area (Å²) in [7, 11) is 0. The van der Waals surface area contributed by atoms with Crippen LogP contribution in [0, 0.1) is 15.9 Å². The van der Waals surface area contributed by atoms with Crippen LogP contribution in [0.2, 0.25) is 0 Å². The summed E-state index contributed by atoms with van der Waals surface area (Å²) >= 11 is 0. The second-order valence-corrected chi connectivity index (χ2v) is 3.76. The first-order valence-electron chi connectivity index (χ1n) is 5.49. The largest absolute Gasteiger partial charge is 0.465 e. The summed E-state index contributed by atoms with van der Waals surface area (Å²) in [5, 5.41) is 10.9. The van der Waals surface area contributed by atoms with Crippen molar-refractivity contribution in [3.63, 3.8) is 0 Å². The molecule has 1 aromatic carbocycles. The molecule has 6 nitrogen and oxygen atoms in total. The van der Waals surface area contributed by atoms with Gasteiger partial charge in [-0.1, -0.05) is 0 Å². The number of rotatable bonds is 5. The fraction of sp³-hybridized carbons (Fsp3) is 0.333. The Kier molecular flexibility index (Phi) is 4.68. The third-order valence-corrected chi connectivity index (χ3v) is 2.43. The molecule has 0 saturated carbocycles. The van der Waals surface area contributed by atoms with Gasteiger partial charge in [-0.3, -0.25) is 19.7 Å². The number of nitrogens with zero attached hydrogens (tertiary/aromatic N) is 1. The van der Waals surface area contributed by atoms with Crippen LogP contribution in [0.5, 0.6) is 0 Å². The van der Waals surface area contributed by atoms with Gasteiger partial charge in [-0.25, -0.2) is 4.39 Å². The van der Waals surface area contributed by atoms with E-state index in [2.05, 4.69) is 0 Å². The van der Waals surface area contributed by atoms with Crippen LogP contribution < -0.4 is 0 Å². The molecule has 1 atom stereocenters. The summed E-state index contributed by atoms with van der Waals surface area (Å²) in [5.74, 6) is -3.72.